The molecular weight excluding hydrogens is 342 g/mol. The minimum atomic E-state index is -0.391. The van der Waals surface area contributed by atoms with Crippen molar-refractivity contribution in [1.82, 2.24) is 9.55 Å². The summed E-state index contributed by atoms with van der Waals surface area (Å²) in [6.45, 7) is 5.76. The van der Waals surface area contributed by atoms with Crippen molar-refractivity contribution < 1.29 is 9.47 Å². The topological polar surface area (TPSA) is 79.4 Å². The van der Waals surface area contributed by atoms with Crippen molar-refractivity contribution in [3.05, 3.63) is 64.7 Å². The van der Waals surface area contributed by atoms with Crippen molar-refractivity contribution in [2.45, 2.75) is 19.9 Å². The standard InChI is InChI=1S/C21H23N3O3/c1-14(22)19-23-16-9-6-10-17(27-13-21(2)11-26-12-21)18(16)20(25)24(19)15-7-4-3-5-8-15/h3-10,14H,11-13,22H2,1-2H3/t14-/m0/s1. The van der Waals surface area contributed by atoms with E-state index >= 15 is 0 Å². The van der Waals surface area contributed by atoms with Gasteiger partial charge in [-0.05, 0) is 31.2 Å². The van der Waals surface area contributed by atoms with Gasteiger partial charge in [0.05, 0.1) is 37.1 Å². The van der Waals surface area contributed by atoms with Gasteiger partial charge in [-0.15, -0.1) is 0 Å². The fourth-order valence-corrected chi connectivity index (χ4v) is 3.26. The lowest BCUT2D eigenvalue weighted by molar-refractivity contribution is -0.120. The molecule has 1 aliphatic heterocycles. The molecule has 4 rings (SSSR count). The molecule has 0 aliphatic carbocycles. The maximum absolute atomic E-state index is 13.4. The molecule has 0 radical (unpaired) electrons. The van der Waals surface area contributed by atoms with E-state index in [0.717, 1.165) is 5.69 Å². The third-order valence-corrected chi connectivity index (χ3v) is 4.78. The number of hydrogen-bond acceptors (Lipinski definition) is 5. The van der Waals surface area contributed by atoms with Gasteiger partial charge in [0.15, 0.2) is 0 Å². The zero-order chi connectivity index (χ0) is 19.0. The first-order chi connectivity index (χ1) is 13.0. The average molecular weight is 365 g/mol. The van der Waals surface area contributed by atoms with Crippen molar-refractivity contribution >= 4 is 10.9 Å². The summed E-state index contributed by atoms with van der Waals surface area (Å²) >= 11 is 0. The first kappa shape index (κ1) is 17.7. The number of ether oxygens (including phenoxy) is 2. The molecule has 1 aromatic heterocycles. The molecule has 6 nitrogen and oxygen atoms in total. The summed E-state index contributed by atoms with van der Waals surface area (Å²) in [6.07, 6.45) is 0. The van der Waals surface area contributed by atoms with Crippen LogP contribution in [0.5, 0.6) is 5.75 Å². The smallest absolute Gasteiger partial charge is 0.269 e. The fourth-order valence-electron chi connectivity index (χ4n) is 3.26. The summed E-state index contributed by atoms with van der Waals surface area (Å²) in [7, 11) is 0. The monoisotopic (exact) mass is 365 g/mol. The average Bonchev–Trinajstić information content (AvgIpc) is 2.65. The zero-order valence-corrected chi connectivity index (χ0v) is 15.5. The maximum atomic E-state index is 13.4. The molecule has 2 N–H and O–H groups in total. The number of para-hydroxylation sites is 1. The molecule has 2 heterocycles. The van der Waals surface area contributed by atoms with E-state index in [1.54, 1.807) is 4.57 Å². The lowest BCUT2D eigenvalue weighted by Gasteiger charge is -2.37. The Balaban J connectivity index is 1.88. The highest BCUT2D eigenvalue weighted by molar-refractivity contribution is 5.84. The lowest BCUT2D eigenvalue weighted by Crippen LogP contribution is -2.44. The third kappa shape index (κ3) is 3.22. The van der Waals surface area contributed by atoms with Crippen molar-refractivity contribution in [2.24, 2.45) is 11.1 Å². The van der Waals surface area contributed by atoms with Crippen LogP contribution in [0, 0.1) is 5.41 Å². The number of rotatable bonds is 5. The molecule has 1 aliphatic rings. The van der Waals surface area contributed by atoms with E-state index in [9.17, 15) is 4.79 Å². The van der Waals surface area contributed by atoms with Crippen LogP contribution in [0.4, 0.5) is 0 Å². The molecule has 6 heteroatoms. The number of hydrogen-bond donors (Lipinski definition) is 1. The molecule has 0 saturated carbocycles. The highest BCUT2D eigenvalue weighted by Crippen LogP contribution is 2.30. The van der Waals surface area contributed by atoms with Gasteiger partial charge >= 0.3 is 0 Å². The van der Waals surface area contributed by atoms with Gasteiger partial charge in [0, 0.05) is 5.41 Å². The van der Waals surface area contributed by atoms with Gasteiger partial charge in [0.2, 0.25) is 0 Å². The van der Waals surface area contributed by atoms with E-state index in [0.29, 0.717) is 42.3 Å². The Hall–Kier alpha value is -2.70. The van der Waals surface area contributed by atoms with Crippen LogP contribution in [-0.2, 0) is 4.74 Å². The van der Waals surface area contributed by atoms with Crippen LogP contribution in [0.15, 0.2) is 53.3 Å². The molecule has 140 valence electrons. The molecule has 2 aromatic carbocycles. The first-order valence-electron chi connectivity index (χ1n) is 9.06. The number of benzene rings is 2. The second-order valence-corrected chi connectivity index (χ2v) is 7.48. The highest BCUT2D eigenvalue weighted by Gasteiger charge is 2.34. The van der Waals surface area contributed by atoms with Crippen LogP contribution in [-0.4, -0.2) is 29.4 Å². The van der Waals surface area contributed by atoms with Crippen molar-refractivity contribution in [1.29, 1.82) is 0 Å². The van der Waals surface area contributed by atoms with Gasteiger partial charge in [0.25, 0.3) is 5.56 Å². The molecule has 3 aromatic rings. The van der Waals surface area contributed by atoms with Crippen molar-refractivity contribution in [3.8, 4) is 11.4 Å². The highest BCUT2D eigenvalue weighted by atomic mass is 16.5. The summed E-state index contributed by atoms with van der Waals surface area (Å²) < 4.78 is 12.9. The minimum Gasteiger partial charge on any atom is -0.492 e. The van der Waals surface area contributed by atoms with Gasteiger partial charge in [-0.3, -0.25) is 9.36 Å². The number of aromatic nitrogens is 2. The molecule has 1 fully saturated rings. The van der Waals surface area contributed by atoms with Gasteiger partial charge in [0.1, 0.15) is 17.0 Å². The van der Waals surface area contributed by atoms with Crippen LogP contribution in [0.3, 0.4) is 0 Å². The number of nitrogens with zero attached hydrogens (tertiary/aromatic N) is 2. The maximum Gasteiger partial charge on any atom is 0.269 e. The Kier molecular flexibility index (Phi) is 4.45. The van der Waals surface area contributed by atoms with Crippen molar-refractivity contribution in [3.63, 3.8) is 0 Å². The van der Waals surface area contributed by atoms with Crippen molar-refractivity contribution in [2.75, 3.05) is 19.8 Å². The quantitative estimate of drug-likeness (QED) is 0.752. The zero-order valence-electron chi connectivity index (χ0n) is 15.5. The Morgan fingerprint density at radius 2 is 1.96 bits per heavy atom. The summed E-state index contributed by atoms with van der Waals surface area (Å²) in [6, 6.07) is 14.5. The lowest BCUT2D eigenvalue weighted by atomic mass is 9.90. The molecule has 0 amide bonds. The van der Waals surface area contributed by atoms with E-state index in [4.69, 9.17) is 15.2 Å². The van der Waals surface area contributed by atoms with Crippen LogP contribution < -0.4 is 16.0 Å². The Bertz CT molecular complexity index is 1020. The van der Waals surface area contributed by atoms with Gasteiger partial charge in [-0.1, -0.05) is 31.2 Å². The minimum absolute atomic E-state index is 0.0141. The molecule has 0 unspecified atom stereocenters. The molecule has 27 heavy (non-hydrogen) atoms. The van der Waals surface area contributed by atoms with Gasteiger partial charge in [-0.2, -0.15) is 0 Å². The number of fused-ring (bicyclic) bond motifs is 1. The van der Waals surface area contributed by atoms with E-state index in [-0.39, 0.29) is 11.0 Å². The molecule has 0 bridgehead atoms. The largest absolute Gasteiger partial charge is 0.492 e. The summed E-state index contributed by atoms with van der Waals surface area (Å²) in [5.74, 6) is 1.06. The Labute approximate surface area is 157 Å². The molecule has 1 saturated heterocycles. The predicted molar refractivity (Wildman–Crippen MR) is 104 cm³/mol. The van der Waals surface area contributed by atoms with E-state index in [1.807, 2.05) is 55.5 Å². The van der Waals surface area contributed by atoms with E-state index < -0.39 is 6.04 Å². The summed E-state index contributed by atoms with van der Waals surface area (Å²) in [5.41, 5.74) is 7.26. The van der Waals surface area contributed by atoms with E-state index in [1.165, 1.54) is 0 Å². The fraction of sp³-hybridized carbons (Fsp3) is 0.333. The SMILES string of the molecule is C[C@H](N)c1nc2cccc(OCC3(C)COC3)c2c(=O)n1-c1ccccc1. The third-order valence-electron chi connectivity index (χ3n) is 4.78. The molecule has 0 spiro atoms. The number of nitrogens with two attached hydrogens (primary N) is 1. The summed E-state index contributed by atoms with van der Waals surface area (Å²) in [4.78, 5) is 18.1. The van der Waals surface area contributed by atoms with Gasteiger partial charge in [-0.25, -0.2) is 4.98 Å². The first-order valence-corrected chi connectivity index (χ1v) is 9.06. The van der Waals surface area contributed by atoms with Crippen LogP contribution >= 0.6 is 0 Å². The summed E-state index contributed by atoms with van der Waals surface area (Å²) in [5, 5.41) is 0.467. The Morgan fingerprint density at radius 3 is 2.59 bits per heavy atom. The molecular formula is C21H23N3O3. The van der Waals surface area contributed by atoms with Crippen LogP contribution in [0.1, 0.15) is 25.7 Å². The van der Waals surface area contributed by atoms with Crippen LogP contribution in [0.2, 0.25) is 0 Å². The second kappa shape index (κ2) is 6.79. The second-order valence-electron chi connectivity index (χ2n) is 7.48. The normalized spacial score (nSPS) is 16.7. The molecule has 1 atom stereocenters. The van der Waals surface area contributed by atoms with Crippen LogP contribution in [0.25, 0.3) is 16.6 Å². The Morgan fingerprint density at radius 1 is 1.22 bits per heavy atom. The van der Waals surface area contributed by atoms with E-state index in [2.05, 4.69) is 11.9 Å². The predicted octanol–water partition coefficient (Wildman–Crippen LogP) is 2.82. The van der Waals surface area contributed by atoms with Gasteiger partial charge < -0.3 is 15.2 Å².